The van der Waals surface area contributed by atoms with Crippen molar-refractivity contribution >= 4 is 17.2 Å². The van der Waals surface area contributed by atoms with Gasteiger partial charge in [0.2, 0.25) is 0 Å². The molecule has 6 heteroatoms. The first-order chi connectivity index (χ1) is 8.20. The molecule has 0 N–H and O–H groups in total. The van der Waals surface area contributed by atoms with Crippen LogP contribution in [0, 0.1) is 0 Å². The molecule has 2 aromatic heterocycles. The van der Waals surface area contributed by atoms with Gasteiger partial charge in [-0.3, -0.25) is 0 Å². The second-order valence-electron chi connectivity index (χ2n) is 2.95. The highest BCUT2D eigenvalue weighted by Crippen LogP contribution is 2.11. The van der Waals surface area contributed by atoms with E-state index in [0.717, 1.165) is 4.68 Å². The highest BCUT2D eigenvalue weighted by atomic mass is 19.3. The summed E-state index contributed by atoms with van der Waals surface area (Å²) in [6.07, 6.45) is -0.928. The fraction of sp³-hybridized carbons (Fsp3) is 0.364. The molecule has 0 spiro atoms. The highest BCUT2D eigenvalue weighted by Gasteiger charge is 2.10. The molecule has 2 heterocycles. The fourth-order valence-electron chi connectivity index (χ4n) is 1.24. The number of nitrogens with zero attached hydrogens (tertiary/aromatic N) is 4. The molecule has 2 aromatic rings. The van der Waals surface area contributed by atoms with Gasteiger partial charge in [-0.05, 0) is 18.2 Å². The summed E-state index contributed by atoms with van der Waals surface area (Å²) >= 11 is 0. The molecule has 0 radical (unpaired) electrons. The number of hydrogen-bond acceptors (Lipinski definition) is 3. The summed E-state index contributed by atoms with van der Waals surface area (Å²) in [5, 5.41) is 7.33. The van der Waals surface area contributed by atoms with Gasteiger partial charge in [-0.2, -0.15) is 0 Å². The van der Waals surface area contributed by atoms with Crippen molar-refractivity contribution in [2.24, 2.45) is 0 Å². The van der Waals surface area contributed by atoms with Crippen molar-refractivity contribution in [2.45, 2.75) is 26.8 Å². The standard InChI is InChI=1S/C9H8F2N4.C2H6/c1-2-6-3-4-7-9(12-6)15(14-13-7)5-8(10)11;1-2/h2-4,8H,1,5H2;1-2H3. The Kier molecular flexibility index (Phi) is 4.68. The second kappa shape index (κ2) is 6.03. The van der Waals surface area contributed by atoms with Gasteiger partial charge in [-0.25, -0.2) is 18.4 Å². The normalized spacial score (nSPS) is 10.2. The average molecular weight is 240 g/mol. The van der Waals surface area contributed by atoms with Crippen molar-refractivity contribution in [3.63, 3.8) is 0 Å². The van der Waals surface area contributed by atoms with E-state index in [0.29, 0.717) is 16.9 Å². The van der Waals surface area contributed by atoms with Crippen LogP contribution in [0.2, 0.25) is 0 Å². The largest absolute Gasteiger partial charge is 0.258 e. The Bertz CT molecular complexity index is 493. The molecule has 0 saturated heterocycles. The summed E-state index contributed by atoms with van der Waals surface area (Å²) in [7, 11) is 0. The lowest BCUT2D eigenvalue weighted by atomic mass is 10.3. The molecule has 0 aliphatic rings. The van der Waals surface area contributed by atoms with Crippen LogP contribution in [0.5, 0.6) is 0 Å². The van der Waals surface area contributed by atoms with Crippen molar-refractivity contribution in [2.75, 3.05) is 0 Å². The lowest BCUT2D eigenvalue weighted by molar-refractivity contribution is 0.122. The van der Waals surface area contributed by atoms with Crippen LogP contribution in [-0.2, 0) is 6.54 Å². The van der Waals surface area contributed by atoms with E-state index in [9.17, 15) is 8.78 Å². The van der Waals surface area contributed by atoms with Gasteiger partial charge in [0.25, 0.3) is 6.43 Å². The number of aromatic nitrogens is 4. The third-order valence-electron chi connectivity index (χ3n) is 1.90. The van der Waals surface area contributed by atoms with Gasteiger partial charge in [-0.15, -0.1) is 5.10 Å². The van der Waals surface area contributed by atoms with Gasteiger partial charge < -0.3 is 0 Å². The molecule has 17 heavy (non-hydrogen) atoms. The van der Waals surface area contributed by atoms with E-state index in [1.165, 1.54) is 0 Å². The summed E-state index contributed by atoms with van der Waals surface area (Å²) in [6, 6.07) is 3.38. The smallest absolute Gasteiger partial charge is 0.227 e. The van der Waals surface area contributed by atoms with Gasteiger partial charge in [0, 0.05) is 0 Å². The first-order valence-corrected chi connectivity index (χ1v) is 5.31. The van der Waals surface area contributed by atoms with Crippen LogP contribution in [0.25, 0.3) is 17.2 Å². The Morgan fingerprint density at radius 1 is 1.41 bits per heavy atom. The van der Waals surface area contributed by atoms with Crippen molar-refractivity contribution in [3.8, 4) is 0 Å². The van der Waals surface area contributed by atoms with Gasteiger partial charge in [0.05, 0.1) is 5.69 Å². The third-order valence-corrected chi connectivity index (χ3v) is 1.90. The predicted molar refractivity (Wildman–Crippen MR) is 62.8 cm³/mol. The monoisotopic (exact) mass is 240 g/mol. The summed E-state index contributed by atoms with van der Waals surface area (Å²) in [4.78, 5) is 4.09. The van der Waals surface area contributed by atoms with Gasteiger partial charge >= 0.3 is 0 Å². The topological polar surface area (TPSA) is 43.6 Å². The summed E-state index contributed by atoms with van der Waals surface area (Å²) in [6.45, 7) is 7.06. The molecular formula is C11H14F2N4. The Hall–Kier alpha value is -1.85. The molecule has 0 aliphatic carbocycles. The van der Waals surface area contributed by atoms with Crippen molar-refractivity contribution in [3.05, 3.63) is 24.4 Å². The minimum atomic E-state index is -2.47. The molecular weight excluding hydrogens is 226 g/mol. The number of rotatable bonds is 3. The van der Waals surface area contributed by atoms with Crippen molar-refractivity contribution in [1.29, 1.82) is 0 Å². The van der Waals surface area contributed by atoms with E-state index in [2.05, 4.69) is 21.9 Å². The molecule has 0 aromatic carbocycles. The van der Waals surface area contributed by atoms with E-state index in [1.54, 1.807) is 18.2 Å². The molecule has 0 atom stereocenters. The number of halogens is 2. The van der Waals surface area contributed by atoms with Gasteiger partial charge in [-0.1, -0.05) is 25.6 Å². The minimum absolute atomic E-state index is 0.354. The SMILES string of the molecule is C=Cc1ccc2nnn(CC(F)F)c2n1.CC. The first-order valence-electron chi connectivity index (χ1n) is 5.31. The fourth-order valence-corrected chi connectivity index (χ4v) is 1.24. The lowest BCUT2D eigenvalue weighted by Crippen LogP contribution is -2.08. The van der Waals surface area contributed by atoms with Crippen LogP contribution in [0.4, 0.5) is 8.78 Å². The van der Waals surface area contributed by atoms with Gasteiger partial charge in [0.15, 0.2) is 5.65 Å². The molecule has 92 valence electrons. The Balaban J connectivity index is 0.000000686. The molecule has 0 unspecified atom stereocenters. The van der Waals surface area contributed by atoms with Crippen LogP contribution >= 0.6 is 0 Å². The highest BCUT2D eigenvalue weighted by molar-refractivity contribution is 5.71. The molecule has 0 fully saturated rings. The number of pyridine rings is 1. The quantitative estimate of drug-likeness (QED) is 0.828. The summed E-state index contributed by atoms with van der Waals surface area (Å²) < 4.78 is 25.4. The molecule has 4 nitrogen and oxygen atoms in total. The zero-order chi connectivity index (χ0) is 12.8. The second-order valence-corrected chi connectivity index (χ2v) is 2.95. The van der Waals surface area contributed by atoms with E-state index < -0.39 is 13.0 Å². The Morgan fingerprint density at radius 2 is 2.12 bits per heavy atom. The van der Waals surface area contributed by atoms with Crippen LogP contribution < -0.4 is 0 Å². The van der Waals surface area contributed by atoms with E-state index in [1.807, 2.05) is 13.8 Å². The Morgan fingerprint density at radius 3 is 2.71 bits per heavy atom. The average Bonchev–Trinajstić information content (AvgIpc) is 2.73. The van der Waals surface area contributed by atoms with E-state index >= 15 is 0 Å². The molecule has 0 bridgehead atoms. The van der Waals surface area contributed by atoms with E-state index in [4.69, 9.17) is 0 Å². The van der Waals surface area contributed by atoms with E-state index in [-0.39, 0.29) is 0 Å². The zero-order valence-corrected chi connectivity index (χ0v) is 9.77. The maximum atomic E-state index is 12.2. The van der Waals surface area contributed by atoms with Crippen LogP contribution in [0.3, 0.4) is 0 Å². The van der Waals surface area contributed by atoms with Crippen LogP contribution in [0.15, 0.2) is 18.7 Å². The summed E-state index contributed by atoms with van der Waals surface area (Å²) in [5.41, 5.74) is 1.47. The zero-order valence-electron chi connectivity index (χ0n) is 9.77. The number of hydrogen-bond donors (Lipinski definition) is 0. The maximum Gasteiger partial charge on any atom is 0.258 e. The lowest BCUT2D eigenvalue weighted by Gasteiger charge is -1.99. The van der Waals surface area contributed by atoms with Crippen LogP contribution in [-0.4, -0.2) is 26.4 Å². The summed E-state index contributed by atoms with van der Waals surface area (Å²) in [5.74, 6) is 0. The van der Waals surface area contributed by atoms with Crippen molar-refractivity contribution in [1.82, 2.24) is 20.0 Å². The number of alkyl halides is 2. The van der Waals surface area contributed by atoms with Gasteiger partial charge in [0.1, 0.15) is 12.1 Å². The minimum Gasteiger partial charge on any atom is -0.227 e. The van der Waals surface area contributed by atoms with Crippen molar-refractivity contribution < 1.29 is 8.78 Å². The third kappa shape index (κ3) is 3.05. The molecule has 0 amide bonds. The predicted octanol–water partition coefficient (Wildman–Crippen LogP) is 2.76. The molecule has 2 rings (SSSR count). The first kappa shape index (κ1) is 13.2. The molecule has 0 saturated carbocycles. The number of fused-ring (bicyclic) bond motifs is 1. The molecule has 0 aliphatic heterocycles. The maximum absolute atomic E-state index is 12.2. The van der Waals surface area contributed by atoms with Crippen LogP contribution in [0.1, 0.15) is 19.5 Å². The Labute approximate surface area is 98.0 Å².